The molecule has 1 heterocycles. The molecule has 0 aromatic carbocycles. The molecular formula is C15H23N3O3. The second kappa shape index (κ2) is 5.00. The van der Waals surface area contributed by atoms with E-state index in [4.69, 9.17) is 9.26 Å². The van der Waals surface area contributed by atoms with Gasteiger partial charge in [-0.1, -0.05) is 12.1 Å². The zero-order chi connectivity index (χ0) is 15.2. The normalized spacial score (nSPS) is 26.3. The lowest BCUT2D eigenvalue weighted by atomic mass is 10.1. The average molecular weight is 293 g/mol. The van der Waals surface area contributed by atoms with E-state index in [1.165, 1.54) is 0 Å². The topological polar surface area (TPSA) is 77.2 Å². The van der Waals surface area contributed by atoms with Crippen molar-refractivity contribution in [3.05, 3.63) is 11.7 Å². The number of nitrogens with zero attached hydrogens (tertiary/aromatic N) is 2. The Morgan fingerprint density at radius 1 is 1.43 bits per heavy atom. The minimum atomic E-state index is -0.510. The molecule has 2 aliphatic rings. The molecule has 0 spiro atoms. The zero-order valence-corrected chi connectivity index (χ0v) is 13.0. The van der Waals surface area contributed by atoms with Crippen LogP contribution in [0.4, 0.5) is 4.79 Å². The van der Waals surface area contributed by atoms with Crippen molar-refractivity contribution in [2.45, 2.75) is 64.5 Å². The minimum absolute atomic E-state index is 0.202. The van der Waals surface area contributed by atoms with Crippen LogP contribution in [0.25, 0.3) is 0 Å². The Labute approximate surface area is 124 Å². The molecule has 0 unspecified atom stereocenters. The monoisotopic (exact) mass is 293 g/mol. The van der Waals surface area contributed by atoms with Crippen LogP contribution < -0.4 is 5.32 Å². The van der Waals surface area contributed by atoms with Gasteiger partial charge in [0.05, 0.1) is 6.04 Å². The highest BCUT2D eigenvalue weighted by molar-refractivity contribution is 5.68. The number of alkyl carbamates (subject to hydrolysis) is 1. The van der Waals surface area contributed by atoms with Crippen molar-refractivity contribution in [3.8, 4) is 0 Å². The zero-order valence-electron chi connectivity index (χ0n) is 13.0. The molecule has 0 radical (unpaired) electrons. The van der Waals surface area contributed by atoms with Crippen molar-refractivity contribution in [3.63, 3.8) is 0 Å². The number of amides is 1. The summed E-state index contributed by atoms with van der Waals surface area (Å²) in [5, 5.41) is 6.96. The molecule has 0 aliphatic heterocycles. The predicted octanol–water partition coefficient (Wildman–Crippen LogP) is 3.17. The molecule has 2 aliphatic carbocycles. The van der Waals surface area contributed by atoms with Crippen LogP contribution in [0.3, 0.4) is 0 Å². The highest BCUT2D eigenvalue weighted by Crippen LogP contribution is 2.47. The maximum absolute atomic E-state index is 12.0. The number of nitrogens with one attached hydrogen (secondary N) is 1. The second-order valence-corrected chi connectivity index (χ2v) is 7.27. The molecular weight excluding hydrogens is 270 g/mol. The van der Waals surface area contributed by atoms with Crippen LogP contribution in [0, 0.1) is 11.8 Å². The summed E-state index contributed by atoms with van der Waals surface area (Å²) in [5.41, 5.74) is -0.510. The molecule has 1 amide bonds. The van der Waals surface area contributed by atoms with Crippen molar-refractivity contribution in [2.24, 2.45) is 11.8 Å². The van der Waals surface area contributed by atoms with E-state index in [0.29, 0.717) is 29.5 Å². The summed E-state index contributed by atoms with van der Waals surface area (Å²) in [6.45, 7) is 7.71. The highest BCUT2D eigenvalue weighted by Gasteiger charge is 2.41. The van der Waals surface area contributed by atoms with Gasteiger partial charge in [0.1, 0.15) is 5.60 Å². The minimum Gasteiger partial charge on any atom is -0.444 e. The maximum atomic E-state index is 12.0. The number of rotatable bonds is 4. The molecule has 0 saturated heterocycles. The summed E-state index contributed by atoms with van der Waals surface area (Å²) in [6.07, 6.45) is 2.83. The van der Waals surface area contributed by atoms with Crippen LogP contribution >= 0.6 is 0 Å². The summed E-state index contributed by atoms with van der Waals surface area (Å²) in [6, 6.07) is -0.202. The molecule has 3 atom stereocenters. The fourth-order valence-electron chi connectivity index (χ4n) is 2.45. The lowest BCUT2D eigenvalue weighted by Crippen LogP contribution is -2.36. The van der Waals surface area contributed by atoms with Crippen molar-refractivity contribution in [1.82, 2.24) is 15.5 Å². The summed E-state index contributed by atoms with van der Waals surface area (Å²) < 4.78 is 10.7. The van der Waals surface area contributed by atoms with E-state index in [0.717, 1.165) is 19.3 Å². The first-order chi connectivity index (χ1) is 9.83. The van der Waals surface area contributed by atoms with E-state index < -0.39 is 11.7 Å². The summed E-state index contributed by atoms with van der Waals surface area (Å²) in [7, 11) is 0. The van der Waals surface area contributed by atoms with Gasteiger partial charge in [-0.2, -0.15) is 4.98 Å². The van der Waals surface area contributed by atoms with Gasteiger partial charge in [0, 0.05) is 5.92 Å². The fourth-order valence-corrected chi connectivity index (χ4v) is 2.45. The standard InChI is InChI=1S/C15H23N3O3/c1-8-7-10(8)13-17-12(18-21-13)11(9-5-6-9)16-14(19)20-15(2,3)4/h8-11H,5-7H2,1-4H3,(H,16,19)/t8-,10+,11-/m1/s1. The van der Waals surface area contributed by atoms with Crippen molar-refractivity contribution >= 4 is 6.09 Å². The van der Waals surface area contributed by atoms with Crippen molar-refractivity contribution in [2.75, 3.05) is 0 Å². The molecule has 1 aromatic rings. The third-order valence-electron chi connectivity index (χ3n) is 3.93. The Bertz CT molecular complexity index is 531. The summed E-state index contributed by atoms with van der Waals surface area (Å²) >= 11 is 0. The van der Waals surface area contributed by atoms with E-state index >= 15 is 0 Å². The largest absolute Gasteiger partial charge is 0.444 e. The van der Waals surface area contributed by atoms with Gasteiger partial charge in [0.25, 0.3) is 0 Å². The third-order valence-corrected chi connectivity index (χ3v) is 3.93. The van der Waals surface area contributed by atoms with Gasteiger partial charge in [-0.3, -0.25) is 0 Å². The van der Waals surface area contributed by atoms with Crippen LogP contribution in [0.15, 0.2) is 4.52 Å². The molecule has 116 valence electrons. The lowest BCUT2D eigenvalue weighted by molar-refractivity contribution is 0.0494. The Hall–Kier alpha value is -1.59. The lowest BCUT2D eigenvalue weighted by Gasteiger charge is -2.22. The van der Waals surface area contributed by atoms with Gasteiger partial charge < -0.3 is 14.6 Å². The smallest absolute Gasteiger partial charge is 0.408 e. The van der Waals surface area contributed by atoms with Crippen LogP contribution in [0.2, 0.25) is 0 Å². The van der Waals surface area contributed by atoms with Gasteiger partial charge in [-0.15, -0.1) is 0 Å². The Kier molecular flexibility index (Phi) is 3.42. The summed E-state index contributed by atoms with van der Waals surface area (Å²) in [4.78, 5) is 16.4. The third kappa shape index (κ3) is 3.54. The van der Waals surface area contributed by atoms with Crippen LogP contribution in [0.1, 0.15) is 70.6 Å². The molecule has 6 nitrogen and oxygen atoms in total. The quantitative estimate of drug-likeness (QED) is 0.922. The molecule has 1 N–H and O–H groups in total. The van der Waals surface area contributed by atoms with E-state index in [9.17, 15) is 4.79 Å². The first-order valence-electron chi connectivity index (χ1n) is 7.66. The van der Waals surface area contributed by atoms with Crippen molar-refractivity contribution < 1.29 is 14.1 Å². The van der Waals surface area contributed by atoms with Crippen LogP contribution in [-0.4, -0.2) is 21.8 Å². The van der Waals surface area contributed by atoms with Crippen LogP contribution in [-0.2, 0) is 4.74 Å². The summed E-state index contributed by atoms with van der Waals surface area (Å²) in [5.74, 6) is 2.69. The second-order valence-electron chi connectivity index (χ2n) is 7.27. The molecule has 21 heavy (non-hydrogen) atoms. The molecule has 2 fully saturated rings. The number of carbonyl (C=O) groups excluding carboxylic acids is 1. The first kappa shape index (κ1) is 14.4. The van der Waals surface area contributed by atoms with Gasteiger partial charge >= 0.3 is 6.09 Å². The van der Waals surface area contributed by atoms with Gasteiger partial charge in [0.15, 0.2) is 5.82 Å². The molecule has 2 saturated carbocycles. The van der Waals surface area contributed by atoms with E-state index in [-0.39, 0.29) is 6.04 Å². The Balaban J connectivity index is 1.67. The average Bonchev–Trinajstić information content (AvgIpc) is 3.25. The maximum Gasteiger partial charge on any atom is 0.408 e. The first-order valence-corrected chi connectivity index (χ1v) is 7.66. The number of aromatic nitrogens is 2. The fraction of sp³-hybridized carbons (Fsp3) is 0.800. The van der Waals surface area contributed by atoms with E-state index in [1.807, 2.05) is 20.8 Å². The SMILES string of the molecule is C[C@@H]1C[C@@H]1c1nc([C@H](NC(=O)OC(C)(C)C)C2CC2)no1. The predicted molar refractivity (Wildman–Crippen MR) is 75.7 cm³/mol. The number of carbonyl (C=O) groups is 1. The van der Waals surface area contributed by atoms with E-state index in [1.54, 1.807) is 0 Å². The van der Waals surface area contributed by atoms with Gasteiger partial charge in [-0.25, -0.2) is 4.79 Å². The van der Waals surface area contributed by atoms with Crippen LogP contribution in [0.5, 0.6) is 0 Å². The van der Waals surface area contributed by atoms with Gasteiger partial charge in [0.2, 0.25) is 5.89 Å². The van der Waals surface area contributed by atoms with Gasteiger partial charge in [-0.05, 0) is 51.9 Å². The van der Waals surface area contributed by atoms with Crippen molar-refractivity contribution in [1.29, 1.82) is 0 Å². The highest BCUT2D eigenvalue weighted by atomic mass is 16.6. The number of hydrogen-bond donors (Lipinski definition) is 1. The Morgan fingerprint density at radius 2 is 2.10 bits per heavy atom. The Morgan fingerprint density at radius 3 is 2.62 bits per heavy atom. The number of ether oxygens (including phenoxy) is 1. The van der Waals surface area contributed by atoms with E-state index in [2.05, 4.69) is 22.4 Å². The number of hydrogen-bond acceptors (Lipinski definition) is 5. The molecule has 3 rings (SSSR count). The molecule has 1 aromatic heterocycles. The molecule has 0 bridgehead atoms. The molecule has 6 heteroatoms.